The SMILES string of the molecule is CCCC(=O)N1C(=O)N[C@@H](C(C)(C)C)[C@@H]1C(C)(C)C. The molecule has 1 heterocycles. The first-order valence-corrected chi connectivity index (χ1v) is 7.12. The highest BCUT2D eigenvalue weighted by Crippen LogP contribution is 2.38. The fourth-order valence-corrected chi connectivity index (χ4v) is 2.74. The minimum Gasteiger partial charge on any atom is -0.332 e. The molecule has 0 aliphatic carbocycles. The second kappa shape index (κ2) is 5.14. The summed E-state index contributed by atoms with van der Waals surface area (Å²) < 4.78 is 0. The lowest BCUT2D eigenvalue weighted by molar-refractivity contribution is -0.131. The maximum absolute atomic E-state index is 12.3. The van der Waals surface area contributed by atoms with Crippen molar-refractivity contribution in [3.8, 4) is 0 Å². The number of nitrogens with zero attached hydrogens (tertiary/aromatic N) is 1. The molecule has 2 atom stereocenters. The summed E-state index contributed by atoms with van der Waals surface area (Å²) >= 11 is 0. The predicted octanol–water partition coefficient (Wildman–Crippen LogP) is 3.17. The van der Waals surface area contributed by atoms with Crippen LogP contribution in [0.2, 0.25) is 0 Å². The van der Waals surface area contributed by atoms with Crippen molar-refractivity contribution in [1.82, 2.24) is 10.2 Å². The summed E-state index contributed by atoms with van der Waals surface area (Å²) in [4.78, 5) is 25.9. The molecule has 4 heteroatoms. The van der Waals surface area contributed by atoms with Crippen LogP contribution in [0.4, 0.5) is 4.79 Å². The Labute approximate surface area is 116 Å². The van der Waals surface area contributed by atoms with Gasteiger partial charge >= 0.3 is 6.03 Å². The summed E-state index contributed by atoms with van der Waals surface area (Å²) in [6.45, 7) is 14.5. The topological polar surface area (TPSA) is 49.4 Å². The van der Waals surface area contributed by atoms with Crippen molar-refractivity contribution in [2.45, 2.75) is 73.4 Å². The molecule has 1 aliphatic heterocycles. The van der Waals surface area contributed by atoms with Gasteiger partial charge in [-0.25, -0.2) is 4.79 Å². The van der Waals surface area contributed by atoms with Gasteiger partial charge in [-0.15, -0.1) is 0 Å². The lowest BCUT2D eigenvalue weighted by Crippen LogP contribution is -2.52. The summed E-state index contributed by atoms with van der Waals surface area (Å²) in [5.41, 5.74) is -0.213. The predicted molar refractivity (Wildman–Crippen MR) is 76.8 cm³/mol. The van der Waals surface area contributed by atoms with E-state index in [1.54, 1.807) is 0 Å². The molecule has 0 aromatic heterocycles. The molecular weight excluding hydrogens is 240 g/mol. The van der Waals surface area contributed by atoms with Gasteiger partial charge in [0.2, 0.25) is 5.91 Å². The van der Waals surface area contributed by atoms with E-state index < -0.39 is 0 Å². The summed E-state index contributed by atoms with van der Waals surface area (Å²) in [6, 6.07) is -0.349. The van der Waals surface area contributed by atoms with Crippen molar-refractivity contribution in [1.29, 1.82) is 0 Å². The van der Waals surface area contributed by atoms with Crippen LogP contribution in [-0.2, 0) is 4.79 Å². The number of rotatable bonds is 2. The van der Waals surface area contributed by atoms with E-state index in [2.05, 4.69) is 46.9 Å². The van der Waals surface area contributed by atoms with Crippen LogP contribution in [0, 0.1) is 10.8 Å². The quantitative estimate of drug-likeness (QED) is 0.836. The van der Waals surface area contributed by atoms with Gasteiger partial charge in [-0.1, -0.05) is 48.5 Å². The molecule has 1 fully saturated rings. The Balaban J connectivity index is 3.16. The number of nitrogens with one attached hydrogen (secondary N) is 1. The van der Waals surface area contributed by atoms with Crippen molar-refractivity contribution < 1.29 is 9.59 Å². The smallest absolute Gasteiger partial charge is 0.324 e. The molecule has 3 amide bonds. The first-order chi connectivity index (χ1) is 8.50. The van der Waals surface area contributed by atoms with Crippen LogP contribution in [0.25, 0.3) is 0 Å². The van der Waals surface area contributed by atoms with E-state index >= 15 is 0 Å². The fourth-order valence-electron chi connectivity index (χ4n) is 2.74. The molecule has 0 aromatic carbocycles. The molecule has 1 saturated heterocycles. The number of carbonyl (C=O) groups is 2. The number of amides is 3. The van der Waals surface area contributed by atoms with E-state index in [4.69, 9.17) is 0 Å². The molecule has 0 bridgehead atoms. The maximum Gasteiger partial charge on any atom is 0.324 e. The molecule has 110 valence electrons. The molecule has 0 spiro atoms. The molecule has 1 aliphatic rings. The second-order valence-electron chi connectivity index (χ2n) is 7.62. The molecule has 19 heavy (non-hydrogen) atoms. The first-order valence-electron chi connectivity index (χ1n) is 7.12. The van der Waals surface area contributed by atoms with Gasteiger partial charge in [0.25, 0.3) is 0 Å². The monoisotopic (exact) mass is 268 g/mol. The van der Waals surface area contributed by atoms with Gasteiger partial charge in [0.15, 0.2) is 0 Å². The van der Waals surface area contributed by atoms with Crippen molar-refractivity contribution in [3.63, 3.8) is 0 Å². The number of hydrogen-bond acceptors (Lipinski definition) is 2. The zero-order valence-electron chi connectivity index (χ0n) is 13.3. The van der Waals surface area contributed by atoms with E-state index in [0.29, 0.717) is 6.42 Å². The van der Waals surface area contributed by atoms with Crippen LogP contribution in [0.1, 0.15) is 61.3 Å². The van der Waals surface area contributed by atoms with Crippen LogP contribution in [0.3, 0.4) is 0 Å². The van der Waals surface area contributed by atoms with E-state index in [9.17, 15) is 9.59 Å². The lowest BCUT2D eigenvalue weighted by atomic mass is 9.73. The summed E-state index contributed by atoms with van der Waals surface area (Å²) in [5, 5.41) is 3.01. The number of carbonyl (C=O) groups excluding carboxylic acids is 2. The maximum atomic E-state index is 12.3. The van der Waals surface area contributed by atoms with Crippen molar-refractivity contribution in [2.75, 3.05) is 0 Å². The van der Waals surface area contributed by atoms with Crippen LogP contribution >= 0.6 is 0 Å². The minimum atomic E-state index is -0.238. The number of urea groups is 1. The van der Waals surface area contributed by atoms with Gasteiger partial charge in [0.05, 0.1) is 12.1 Å². The van der Waals surface area contributed by atoms with Crippen molar-refractivity contribution in [2.24, 2.45) is 10.8 Å². The molecule has 0 aromatic rings. The Hall–Kier alpha value is -1.06. The molecule has 0 saturated carbocycles. The Morgan fingerprint density at radius 1 is 1.16 bits per heavy atom. The Kier molecular flexibility index (Phi) is 4.33. The zero-order chi connectivity index (χ0) is 15.0. The Morgan fingerprint density at radius 3 is 2.05 bits per heavy atom. The van der Waals surface area contributed by atoms with Crippen LogP contribution in [0.15, 0.2) is 0 Å². The standard InChI is InChI=1S/C15H28N2O2/c1-8-9-10(18)17-12(15(5,6)7)11(14(2,3)4)16-13(17)19/h11-12H,8-9H2,1-7H3,(H,16,19)/t11-,12-/m1/s1. The van der Waals surface area contributed by atoms with Gasteiger partial charge in [-0.3, -0.25) is 9.69 Å². The third kappa shape index (κ3) is 3.28. The normalized spacial score (nSPS) is 24.6. The van der Waals surface area contributed by atoms with Gasteiger partial charge in [0, 0.05) is 6.42 Å². The lowest BCUT2D eigenvalue weighted by Gasteiger charge is -2.40. The third-order valence-corrected chi connectivity index (χ3v) is 3.64. The summed E-state index contributed by atoms with van der Waals surface area (Å²) in [7, 11) is 0. The fraction of sp³-hybridized carbons (Fsp3) is 0.867. The van der Waals surface area contributed by atoms with Crippen LogP contribution in [0.5, 0.6) is 0 Å². The van der Waals surface area contributed by atoms with E-state index in [1.165, 1.54) is 4.90 Å². The average molecular weight is 268 g/mol. The molecular formula is C15H28N2O2. The average Bonchev–Trinajstić information content (AvgIpc) is 2.55. The van der Waals surface area contributed by atoms with Gasteiger partial charge in [-0.05, 0) is 17.3 Å². The summed E-state index contributed by atoms with van der Waals surface area (Å²) in [6.07, 6.45) is 1.19. The highest BCUT2D eigenvalue weighted by molar-refractivity contribution is 5.97. The van der Waals surface area contributed by atoms with Crippen LogP contribution in [-0.4, -0.2) is 28.9 Å². The Bertz CT molecular complexity index is 363. The van der Waals surface area contributed by atoms with Gasteiger partial charge < -0.3 is 5.32 Å². The van der Waals surface area contributed by atoms with Gasteiger partial charge in [-0.2, -0.15) is 0 Å². The Morgan fingerprint density at radius 2 is 1.68 bits per heavy atom. The first kappa shape index (κ1) is 16.0. The second-order valence-corrected chi connectivity index (χ2v) is 7.62. The third-order valence-electron chi connectivity index (χ3n) is 3.64. The summed E-state index contributed by atoms with van der Waals surface area (Å²) in [5.74, 6) is -0.0633. The van der Waals surface area contributed by atoms with E-state index in [1.807, 2.05) is 6.92 Å². The zero-order valence-corrected chi connectivity index (χ0v) is 13.3. The molecule has 1 rings (SSSR count). The van der Waals surface area contributed by atoms with Crippen molar-refractivity contribution in [3.05, 3.63) is 0 Å². The molecule has 0 radical (unpaired) electrons. The highest BCUT2D eigenvalue weighted by Gasteiger charge is 2.51. The van der Waals surface area contributed by atoms with Crippen LogP contribution < -0.4 is 5.32 Å². The largest absolute Gasteiger partial charge is 0.332 e. The van der Waals surface area contributed by atoms with Gasteiger partial charge in [0.1, 0.15) is 0 Å². The highest BCUT2D eigenvalue weighted by atomic mass is 16.2. The number of imide groups is 1. The van der Waals surface area contributed by atoms with E-state index in [0.717, 1.165) is 6.42 Å². The minimum absolute atomic E-state index is 0.0131. The van der Waals surface area contributed by atoms with E-state index in [-0.39, 0.29) is 34.9 Å². The number of hydrogen-bond donors (Lipinski definition) is 1. The molecule has 0 unspecified atom stereocenters. The molecule has 1 N–H and O–H groups in total. The van der Waals surface area contributed by atoms with Crippen molar-refractivity contribution >= 4 is 11.9 Å². The molecule has 4 nitrogen and oxygen atoms in total.